The maximum atomic E-state index is 12.1. The van der Waals surface area contributed by atoms with Gasteiger partial charge in [0, 0.05) is 30.1 Å². The highest BCUT2D eigenvalue weighted by molar-refractivity contribution is 6.35. The fourth-order valence-electron chi connectivity index (χ4n) is 2.39. The molecule has 0 aliphatic heterocycles. The summed E-state index contributed by atoms with van der Waals surface area (Å²) in [6, 6.07) is 17.2. The molecule has 1 heterocycles. The summed E-state index contributed by atoms with van der Waals surface area (Å²) < 4.78 is 2.04. The number of benzene rings is 2. The van der Waals surface area contributed by atoms with Gasteiger partial charge in [-0.15, -0.1) is 0 Å². The van der Waals surface area contributed by atoms with Gasteiger partial charge in [0.05, 0.1) is 10.5 Å². The summed E-state index contributed by atoms with van der Waals surface area (Å²) in [5.74, 6) is 0.152. The zero-order valence-corrected chi connectivity index (χ0v) is 11.7. The minimum absolute atomic E-state index is 0.152. The second kappa shape index (κ2) is 5.51. The van der Waals surface area contributed by atoms with Crippen molar-refractivity contribution in [2.75, 3.05) is 0 Å². The zero-order chi connectivity index (χ0) is 13.9. The summed E-state index contributed by atoms with van der Waals surface area (Å²) in [5.41, 5.74) is 1.75. The van der Waals surface area contributed by atoms with Crippen molar-refractivity contribution in [3.8, 4) is 0 Å². The summed E-state index contributed by atoms with van der Waals surface area (Å²) in [4.78, 5) is 12.1. The molecule has 0 N–H and O–H groups in total. The Balaban J connectivity index is 1.79. The molecule has 0 fully saturated rings. The van der Waals surface area contributed by atoms with Crippen molar-refractivity contribution < 1.29 is 4.79 Å². The van der Waals surface area contributed by atoms with E-state index in [1.54, 1.807) is 0 Å². The molecule has 100 valence electrons. The van der Waals surface area contributed by atoms with Crippen molar-refractivity contribution in [3.63, 3.8) is 0 Å². The molecule has 3 aromatic rings. The van der Waals surface area contributed by atoms with E-state index in [0.29, 0.717) is 13.0 Å². The van der Waals surface area contributed by atoms with Gasteiger partial charge in [0.25, 0.3) is 0 Å². The number of Topliss-reactive ketones (excluding diaryl/α,β-unsaturated/α-hetero) is 1. The third-order valence-corrected chi connectivity index (χ3v) is 3.72. The van der Waals surface area contributed by atoms with Crippen LogP contribution in [0.5, 0.6) is 0 Å². The maximum Gasteiger partial charge on any atom is 0.164 e. The van der Waals surface area contributed by atoms with Gasteiger partial charge in [-0.05, 0) is 12.1 Å². The number of carbonyl (C=O) groups excluding carboxylic acids is 1. The molecule has 3 heteroatoms. The molecule has 20 heavy (non-hydrogen) atoms. The van der Waals surface area contributed by atoms with Crippen LogP contribution in [0.1, 0.15) is 16.8 Å². The van der Waals surface area contributed by atoms with E-state index in [2.05, 4.69) is 0 Å². The third-order valence-electron chi connectivity index (χ3n) is 3.41. The van der Waals surface area contributed by atoms with E-state index in [1.165, 1.54) is 0 Å². The van der Waals surface area contributed by atoms with Crippen LogP contribution in [0, 0.1) is 0 Å². The predicted molar refractivity (Wildman–Crippen MR) is 82.3 cm³/mol. The molecular weight excluding hydrogens is 270 g/mol. The number of aromatic nitrogens is 1. The van der Waals surface area contributed by atoms with Crippen molar-refractivity contribution >= 4 is 28.3 Å². The van der Waals surface area contributed by atoms with Gasteiger partial charge < -0.3 is 4.57 Å². The monoisotopic (exact) mass is 283 g/mol. The van der Waals surface area contributed by atoms with Crippen molar-refractivity contribution in [1.29, 1.82) is 0 Å². The Labute approximate surface area is 122 Å². The van der Waals surface area contributed by atoms with Crippen molar-refractivity contribution in [1.82, 2.24) is 4.57 Å². The van der Waals surface area contributed by atoms with Crippen molar-refractivity contribution in [3.05, 3.63) is 71.4 Å². The molecule has 0 amide bonds. The molecule has 0 unspecified atom stereocenters. The van der Waals surface area contributed by atoms with Crippen LogP contribution < -0.4 is 0 Å². The number of fused-ring (bicyclic) bond motifs is 1. The maximum absolute atomic E-state index is 12.1. The standard InChI is InChI=1S/C17H14ClNO/c18-15-8-4-7-14-9-11-19(17(14)15)12-10-16(20)13-5-2-1-3-6-13/h1-9,11H,10,12H2. The lowest BCUT2D eigenvalue weighted by Crippen LogP contribution is -2.05. The first-order valence-corrected chi connectivity index (χ1v) is 6.95. The van der Waals surface area contributed by atoms with Crippen LogP contribution in [0.15, 0.2) is 60.8 Å². The molecule has 0 spiro atoms. The van der Waals surface area contributed by atoms with Gasteiger partial charge in [0.15, 0.2) is 5.78 Å². The van der Waals surface area contributed by atoms with E-state index in [0.717, 1.165) is 21.5 Å². The van der Waals surface area contributed by atoms with Gasteiger partial charge in [-0.3, -0.25) is 4.79 Å². The predicted octanol–water partition coefficient (Wildman–Crippen LogP) is 4.57. The number of halogens is 1. The van der Waals surface area contributed by atoms with Crippen LogP contribution in [0.2, 0.25) is 5.02 Å². The third kappa shape index (κ3) is 2.47. The lowest BCUT2D eigenvalue weighted by Gasteiger charge is -2.06. The Kier molecular flexibility index (Phi) is 3.57. The number of carbonyl (C=O) groups is 1. The Morgan fingerprint density at radius 2 is 1.80 bits per heavy atom. The molecule has 0 radical (unpaired) electrons. The number of hydrogen-bond donors (Lipinski definition) is 0. The zero-order valence-electron chi connectivity index (χ0n) is 10.9. The van der Waals surface area contributed by atoms with Gasteiger partial charge in [0.1, 0.15) is 0 Å². The molecule has 1 aromatic heterocycles. The quantitative estimate of drug-likeness (QED) is 0.643. The first-order valence-electron chi connectivity index (χ1n) is 6.57. The molecule has 0 bridgehead atoms. The van der Waals surface area contributed by atoms with Gasteiger partial charge >= 0.3 is 0 Å². The fraction of sp³-hybridized carbons (Fsp3) is 0.118. The highest BCUT2D eigenvalue weighted by Crippen LogP contribution is 2.24. The van der Waals surface area contributed by atoms with Crippen LogP contribution >= 0.6 is 11.6 Å². The van der Waals surface area contributed by atoms with Crippen LogP contribution in [0.25, 0.3) is 10.9 Å². The van der Waals surface area contributed by atoms with E-state index in [1.807, 2.05) is 65.4 Å². The lowest BCUT2D eigenvalue weighted by atomic mass is 10.1. The van der Waals surface area contributed by atoms with E-state index < -0.39 is 0 Å². The van der Waals surface area contributed by atoms with Gasteiger partial charge in [-0.25, -0.2) is 0 Å². The first kappa shape index (κ1) is 12.9. The second-order valence-corrected chi connectivity index (χ2v) is 5.13. The van der Waals surface area contributed by atoms with E-state index in [4.69, 9.17) is 11.6 Å². The molecule has 0 aliphatic carbocycles. The molecule has 3 rings (SSSR count). The molecule has 0 saturated heterocycles. The number of rotatable bonds is 4. The van der Waals surface area contributed by atoms with E-state index >= 15 is 0 Å². The topological polar surface area (TPSA) is 22.0 Å². The van der Waals surface area contributed by atoms with Gasteiger partial charge in [-0.1, -0.05) is 54.1 Å². The summed E-state index contributed by atoms with van der Waals surface area (Å²) in [6.45, 7) is 0.640. The summed E-state index contributed by atoms with van der Waals surface area (Å²) >= 11 is 6.23. The molecular formula is C17H14ClNO. The van der Waals surface area contributed by atoms with E-state index in [-0.39, 0.29) is 5.78 Å². The van der Waals surface area contributed by atoms with Crippen LogP contribution in [-0.4, -0.2) is 10.4 Å². The summed E-state index contributed by atoms with van der Waals surface area (Å²) in [5, 5.41) is 1.82. The first-order chi connectivity index (χ1) is 9.75. The lowest BCUT2D eigenvalue weighted by molar-refractivity contribution is 0.0977. The summed E-state index contributed by atoms with van der Waals surface area (Å²) in [6.07, 6.45) is 2.45. The molecule has 0 atom stereocenters. The SMILES string of the molecule is O=C(CCn1ccc2cccc(Cl)c21)c1ccccc1. The minimum atomic E-state index is 0.152. The van der Waals surface area contributed by atoms with E-state index in [9.17, 15) is 4.79 Å². The molecule has 2 aromatic carbocycles. The fourth-order valence-corrected chi connectivity index (χ4v) is 2.68. The second-order valence-electron chi connectivity index (χ2n) is 4.73. The normalized spacial score (nSPS) is 10.8. The van der Waals surface area contributed by atoms with Crippen LogP contribution in [-0.2, 0) is 6.54 Å². The highest BCUT2D eigenvalue weighted by atomic mass is 35.5. The number of aryl methyl sites for hydroxylation is 1. The van der Waals surface area contributed by atoms with Gasteiger partial charge in [0.2, 0.25) is 0 Å². The van der Waals surface area contributed by atoms with Crippen LogP contribution in [0.4, 0.5) is 0 Å². The number of nitrogens with zero attached hydrogens (tertiary/aromatic N) is 1. The summed E-state index contributed by atoms with van der Waals surface area (Å²) in [7, 11) is 0. The largest absolute Gasteiger partial charge is 0.346 e. The van der Waals surface area contributed by atoms with Crippen LogP contribution in [0.3, 0.4) is 0 Å². The average Bonchev–Trinajstić information content (AvgIpc) is 2.90. The number of ketones is 1. The number of para-hydroxylation sites is 1. The number of hydrogen-bond acceptors (Lipinski definition) is 1. The molecule has 0 aliphatic rings. The molecule has 0 saturated carbocycles. The highest BCUT2D eigenvalue weighted by Gasteiger charge is 2.08. The Hall–Kier alpha value is -2.06. The minimum Gasteiger partial charge on any atom is -0.346 e. The van der Waals surface area contributed by atoms with Crippen molar-refractivity contribution in [2.45, 2.75) is 13.0 Å². The molecule has 2 nitrogen and oxygen atoms in total. The smallest absolute Gasteiger partial charge is 0.164 e. The Bertz CT molecular complexity index is 746. The van der Waals surface area contributed by atoms with Crippen molar-refractivity contribution in [2.24, 2.45) is 0 Å². The average molecular weight is 284 g/mol. The Morgan fingerprint density at radius 1 is 1.00 bits per heavy atom. The van der Waals surface area contributed by atoms with Gasteiger partial charge in [-0.2, -0.15) is 0 Å². The Morgan fingerprint density at radius 3 is 2.60 bits per heavy atom.